The Balaban J connectivity index is 2.08. The highest BCUT2D eigenvalue weighted by Gasteiger charge is 2.34. The molecule has 1 atom stereocenters. The third-order valence-electron chi connectivity index (χ3n) is 4.24. The van der Waals surface area contributed by atoms with Crippen molar-refractivity contribution in [3.05, 3.63) is 30.1 Å². The second kappa shape index (κ2) is 8.00. The number of carbonyl (C=O) groups excluding carboxylic acids is 2. The number of nitrogens with two attached hydrogens (primary N) is 1. The van der Waals surface area contributed by atoms with Gasteiger partial charge in [-0.2, -0.15) is 4.31 Å². The van der Waals surface area contributed by atoms with Crippen molar-refractivity contribution < 1.29 is 22.4 Å². The molecule has 0 aromatic heterocycles. The van der Waals surface area contributed by atoms with Crippen molar-refractivity contribution >= 4 is 22.0 Å². The van der Waals surface area contributed by atoms with Gasteiger partial charge in [-0.25, -0.2) is 17.6 Å². The maximum atomic E-state index is 13.8. The first kappa shape index (κ1) is 20.1. The number of amides is 3. The molecule has 1 aromatic rings. The van der Waals surface area contributed by atoms with Crippen LogP contribution in [0.5, 0.6) is 0 Å². The van der Waals surface area contributed by atoms with Crippen LogP contribution in [0.25, 0.3) is 0 Å². The van der Waals surface area contributed by atoms with Crippen LogP contribution in [0.2, 0.25) is 0 Å². The Morgan fingerprint density at radius 2 is 1.73 bits per heavy atom. The summed E-state index contributed by atoms with van der Waals surface area (Å²) in [5, 5.41) is 2.42. The van der Waals surface area contributed by atoms with Gasteiger partial charge in [0.25, 0.3) is 0 Å². The standard InChI is InChI=1S/C16H23FN4O4S/c1-11(2)14(19-16(18)23)15(22)20-7-9-21(10-8-20)26(24,25)13-6-4-3-5-12(13)17/h3-6,11,14H,7-10H2,1-2H3,(H3,18,19,23)/t14-/m0/s1. The molecule has 0 aliphatic carbocycles. The molecule has 8 nitrogen and oxygen atoms in total. The minimum Gasteiger partial charge on any atom is -0.352 e. The lowest BCUT2D eigenvalue weighted by Gasteiger charge is -2.36. The molecular weight excluding hydrogens is 363 g/mol. The molecule has 1 aliphatic rings. The van der Waals surface area contributed by atoms with Crippen molar-refractivity contribution in [3.8, 4) is 0 Å². The van der Waals surface area contributed by atoms with Gasteiger partial charge in [-0.05, 0) is 18.1 Å². The Morgan fingerprint density at radius 1 is 1.15 bits per heavy atom. The number of hydrogen-bond donors (Lipinski definition) is 2. The molecule has 1 fully saturated rings. The Kier molecular flexibility index (Phi) is 6.19. The minimum absolute atomic E-state index is 0.0454. The molecule has 0 saturated carbocycles. The molecule has 3 N–H and O–H groups in total. The first-order valence-electron chi connectivity index (χ1n) is 8.24. The SMILES string of the molecule is CC(C)[C@H](NC(N)=O)C(=O)N1CCN(S(=O)(=O)c2ccccc2F)CC1. The van der Waals surface area contributed by atoms with Crippen molar-refractivity contribution in [1.29, 1.82) is 0 Å². The highest BCUT2D eigenvalue weighted by atomic mass is 32.2. The molecule has 10 heteroatoms. The number of benzene rings is 1. The maximum Gasteiger partial charge on any atom is 0.312 e. The summed E-state index contributed by atoms with van der Waals surface area (Å²) in [7, 11) is -3.97. The van der Waals surface area contributed by atoms with Crippen molar-refractivity contribution in [2.75, 3.05) is 26.2 Å². The maximum absolute atomic E-state index is 13.8. The smallest absolute Gasteiger partial charge is 0.312 e. The summed E-state index contributed by atoms with van der Waals surface area (Å²) < 4.78 is 40.2. The number of piperazine rings is 1. The monoisotopic (exact) mass is 386 g/mol. The van der Waals surface area contributed by atoms with E-state index < -0.39 is 27.9 Å². The summed E-state index contributed by atoms with van der Waals surface area (Å²) in [5.41, 5.74) is 5.11. The summed E-state index contributed by atoms with van der Waals surface area (Å²) >= 11 is 0. The van der Waals surface area contributed by atoms with E-state index in [-0.39, 0.29) is 42.9 Å². The number of carbonyl (C=O) groups is 2. The molecule has 0 bridgehead atoms. The van der Waals surface area contributed by atoms with E-state index in [2.05, 4.69) is 5.32 Å². The van der Waals surface area contributed by atoms with Gasteiger partial charge in [0.05, 0.1) is 0 Å². The molecule has 144 valence electrons. The highest BCUT2D eigenvalue weighted by Crippen LogP contribution is 2.21. The van der Waals surface area contributed by atoms with Crippen LogP contribution in [0.4, 0.5) is 9.18 Å². The number of nitrogens with zero attached hydrogens (tertiary/aromatic N) is 2. The minimum atomic E-state index is -3.97. The van der Waals surface area contributed by atoms with Gasteiger partial charge in [0.15, 0.2) is 0 Å². The predicted octanol–water partition coefficient (Wildman–Crippen LogP) is 0.352. The fourth-order valence-corrected chi connectivity index (χ4v) is 4.29. The van der Waals surface area contributed by atoms with Gasteiger partial charge in [-0.15, -0.1) is 0 Å². The van der Waals surface area contributed by atoms with Gasteiger partial charge in [0, 0.05) is 26.2 Å². The largest absolute Gasteiger partial charge is 0.352 e. The molecule has 1 heterocycles. The summed E-state index contributed by atoms with van der Waals surface area (Å²) in [6.07, 6.45) is 0. The highest BCUT2D eigenvalue weighted by molar-refractivity contribution is 7.89. The topological polar surface area (TPSA) is 113 Å². The number of rotatable bonds is 5. The van der Waals surface area contributed by atoms with Crippen LogP contribution in [0, 0.1) is 11.7 Å². The number of urea groups is 1. The normalized spacial score (nSPS) is 17.2. The van der Waals surface area contributed by atoms with Crippen molar-refractivity contribution in [2.45, 2.75) is 24.8 Å². The van der Waals surface area contributed by atoms with Gasteiger partial charge in [0.2, 0.25) is 15.9 Å². The second-order valence-electron chi connectivity index (χ2n) is 6.39. The third-order valence-corrected chi connectivity index (χ3v) is 6.17. The zero-order chi connectivity index (χ0) is 19.5. The van der Waals surface area contributed by atoms with Gasteiger partial charge in [-0.1, -0.05) is 26.0 Å². The predicted molar refractivity (Wildman–Crippen MR) is 93.1 cm³/mol. The summed E-state index contributed by atoms with van der Waals surface area (Å²) in [6, 6.07) is 3.62. The van der Waals surface area contributed by atoms with Crippen LogP contribution in [0.1, 0.15) is 13.8 Å². The van der Waals surface area contributed by atoms with Crippen LogP contribution >= 0.6 is 0 Å². The number of primary amides is 1. The molecule has 0 radical (unpaired) electrons. The Bertz CT molecular complexity index is 776. The molecule has 0 unspecified atom stereocenters. The van der Waals surface area contributed by atoms with E-state index in [0.29, 0.717) is 0 Å². The number of sulfonamides is 1. The Labute approximate surface area is 152 Å². The van der Waals surface area contributed by atoms with E-state index in [1.807, 2.05) is 0 Å². The fraction of sp³-hybridized carbons (Fsp3) is 0.500. The van der Waals surface area contributed by atoms with E-state index in [4.69, 9.17) is 5.73 Å². The average molecular weight is 386 g/mol. The first-order chi connectivity index (χ1) is 12.1. The van der Waals surface area contributed by atoms with Crippen molar-refractivity contribution in [2.24, 2.45) is 11.7 Å². The van der Waals surface area contributed by atoms with Gasteiger partial charge in [-0.3, -0.25) is 4.79 Å². The van der Waals surface area contributed by atoms with Crippen LogP contribution in [-0.4, -0.2) is 61.8 Å². The van der Waals surface area contributed by atoms with E-state index in [1.54, 1.807) is 13.8 Å². The zero-order valence-corrected chi connectivity index (χ0v) is 15.5. The molecule has 2 rings (SSSR count). The summed E-state index contributed by atoms with van der Waals surface area (Å²) in [4.78, 5) is 24.8. The Morgan fingerprint density at radius 3 is 2.23 bits per heavy atom. The summed E-state index contributed by atoms with van der Waals surface area (Å²) in [6.45, 7) is 3.94. The quantitative estimate of drug-likeness (QED) is 0.760. The van der Waals surface area contributed by atoms with Crippen molar-refractivity contribution in [1.82, 2.24) is 14.5 Å². The number of halogens is 1. The van der Waals surface area contributed by atoms with Crippen LogP contribution in [0.15, 0.2) is 29.2 Å². The van der Waals surface area contributed by atoms with E-state index in [0.717, 1.165) is 10.4 Å². The average Bonchev–Trinajstić information content (AvgIpc) is 2.59. The van der Waals surface area contributed by atoms with E-state index in [9.17, 15) is 22.4 Å². The van der Waals surface area contributed by atoms with Gasteiger partial charge in [0.1, 0.15) is 16.8 Å². The fourth-order valence-electron chi connectivity index (χ4n) is 2.81. The molecule has 0 spiro atoms. The molecule has 3 amide bonds. The van der Waals surface area contributed by atoms with E-state index in [1.165, 1.54) is 23.1 Å². The third kappa shape index (κ3) is 4.31. The first-order valence-corrected chi connectivity index (χ1v) is 9.68. The lowest BCUT2D eigenvalue weighted by Crippen LogP contribution is -2.57. The number of hydrogen-bond acceptors (Lipinski definition) is 4. The lowest BCUT2D eigenvalue weighted by molar-refractivity contribution is -0.135. The molecule has 1 aromatic carbocycles. The molecule has 1 aliphatic heterocycles. The number of nitrogens with one attached hydrogen (secondary N) is 1. The van der Waals surface area contributed by atoms with E-state index >= 15 is 0 Å². The molecule has 26 heavy (non-hydrogen) atoms. The van der Waals surface area contributed by atoms with Crippen LogP contribution in [-0.2, 0) is 14.8 Å². The lowest BCUT2D eigenvalue weighted by atomic mass is 10.0. The van der Waals surface area contributed by atoms with Gasteiger partial charge >= 0.3 is 6.03 Å². The second-order valence-corrected chi connectivity index (χ2v) is 8.30. The van der Waals surface area contributed by atoms with Crippen LogP contribution < -0.4 is 11.1 Å². The van der Waals surface area contributed by atoms with Crippen molar-refractivity contribution in [3.63, 3.8) is 0 Å². The zero-order valence-electron chi connectivity index (χ0n) is 14.7. The molecular formula is C16H23FN4O4S. The summed E-state index contributed by atoms with van der Waals surface area (Å²) in [5.74, 6) is -1.30. The molecule has 1 saturated heterocycles. The Hall–Kier alpha value is -2.20. The van der Waals surface area contributed by atoms with Crippen LogP contribution in [0.3, 0.4) is 0 Å². The van der Waals surface area contributed by atoms with Gasteiger partial charge < -0.3 is 16.0 Å².